The molecule has 6 heteroatoms. The molecular formula is C13H22N4OS. The molecule has 7 N–H and O–H groups in total. The molecule has 1 amide bonds. The molecule has 0 unspecified atom stereocenters. The van der Waals surface area contributed by atoms with Crippen molar-refractivity contribution in [2.24, 2.45) is 17.2 Å². The maximum atomic E-state index is 11.2. The molecule has 0 aromatic rings. The van der Waals surface area contributed by atoms with E-state index in [1.807, 2.05) is 13.0 Å². The van der Waals surface area contributed by atoms with E-state index >= 15 is 0 Å². The van der Waals surface area contributed by atoms with E-state index < -0.39 is 5.91 Å². The van der Waals surface area contributed by atoms with E-state index in [-0.39, 0.29) is 0 Å². The lowest BCUT2D eigenvalue weighted by molar-refractivity contribution is -0.113. The number of nitrogens with one attached hydrogen (secondary N) is 1. The molecule has 0 saturated carbocycles. The van der Waals surface area contributed by atoms with Crippen LogP contribution >= 0.6 is 11.8 Å². The third-order valence-corrected chi connectivity index (χ3v) is 4.00. The van der Waals surface area contributed by atoms with Gasteiger partial charge in [0.05, 0.1) is 16.4 Å². The van der Waals surface area contributed by atoms with Gasteiger partial charge in [0.15, 0.2) is 0 Å². The van der Waals surface area contributed by atoms with Crippen LogP contribution in [0.3, 0.4) is 0 Å². The average molecular weight is 282 g/mol. The first kappa shape index (κ1) is 15.5. The van der Waals surface area contributed by atoms with Crippen molar-refractivity contribution in [3.63, 3.8) is 0 Å². The Labute approximate surface area is 118 Å². The SMILES string of the molecule is CCCCN/C(N)=C/C(C)=C1\CSC(C(N)=O)=C1N. The molecule has 0 radical (unpaired) electrons. The first-order valence-electron chi connectivity index (χ1n) is 6.30. The number of hydrogen-bond acceptors (Lipinski definition) is 5. The summed E-state index contributed by atoms with van der Waals surface area (Å²) in [6.45, 7) is 4.91. The van der Waals surface area contributed by atoms with E-state index in [1.165, 1.54) is 11.8 Å². The number of carbonyl (C=O) groups excluding carboxylic acids is 1. The summed E-state index contributed by atoms with van der Waals surface area (Å²) in [6.07, 6.45) is 4.05. The molecule has 19 heavy (non-hydrogen) atoms. The number of nitrogens with two attached hydrogens (primary N) is 3. The summed E-state index contributed by atoms with van der Waals surface area (Å²) < 4.78 is 0. The van der Waals surface area contributed by atoms with Gasteiger partial charge in [-0.05, 0) is 30.6 Å². The zero-order valence-electron chi connectivity index (χ0n) is 11.5. The molecule has 1 aliphatic rings. The molecule has 1 aliphatic heterocycles. The van der Waals surface area contributed by atoms with Gasteiger partial charge in [-0.3, -0.25) is 4.79 Å². The average Bonchev–Trinajstić information content (AvgIpc) is 2.71. The second-order valence-corrected chi connectivity index (χ2v) is 5.42. The minimum atomic E-state index is -0.469. The number of thioether (sulfide) groups is 1. The van der Waals surface area contributed by atoms with E-state index in [0.717, 1.165) is 30.5 Å². The van der Waals surface area contributed by atoms with Crippen molar-refractivity contribution < 1.29 is 4.79 Å². The molecule has 0 fully saturated rings. The van der Waals surface area contributed by atoms with Gasteiger partial charge in [0.2, 0.25) is 0 Å². The fraction of sp³-hybridized carbons (Fsp3) is 0.462. The highest BCUT2D eigenvalue weighted by molar-refractivity contribution is 8.04. The van der Waals surface area contributed by atoms with Gasteiger partial charge in [0, 0.05) is 12.3 Å². The van der Waals surface area contributed by atoms with Gasteiger partial charge in [0.25, 0.3) is 5.91 Å². The molecule has 106 valence electrons. The number of primary amides is 1. The van der Waals surface area contributed by atoms with Crippen molar-refractivity contribution in [1.82, 2.24) is 5.32 Å². The second-order valence-electron chi connectivity index (χ2n) is 4.44. The van der Waals surface area contributed by atoms with Gasteiger partial charge < -0.3 is 22.5 Å². The van der Waals surface area contributed by atoms with Crippen LogP contribution < -0.4 is 22.5 Å². The third-order valence-electron chi connectivity index (χ3n) is 2.86. The lowest BCUT2D eigenvalue weighted by Gasteiger charge is -2.07. The minimum Gasteiger partial charge on any atom is -0.397 e. The Kier molecular flexibility index (Phi) is 5.82. The molecule has 0 atom stereocenters. The van der Waals surface area contributed by atoms with Gasteiger partial charge in [0.1, 0.15) is 0 Å². The number of unbranched alkanes of at least 4 members (excludes halogenated alkanes) is 1. The van der Waals surface area contributed by atoms with Crippen LogP contribution in [0.25, 0.3) is 0 Å². The smallest absolute Gasteiger partial charge is 0.257 e. The lowest BCUT2D eigenvalue weighted by Crippen LogP contribution is -2.21. The van der Waals surface area contributed by atoms with Crippen LogP contribution in [0.5, 0.6) is 0 Å². The topological polar surface area (TPSA) is 107 Å². The van der Waals surface area contributed by atoms with Crippen LogP contribution in [-0.2, 0) is 4.79 Å². The van der Waals surface area contributed by atoms with Gasteiger partial charge in [-0.1, -0.05) is 13.3 Å². The zero-order chi connectivity index (χ0) is 14.4. The van der Waals surface area contributed by atoms with Crippen molar-refractivity contribution in [3.05, 3.63) is 33.6 Å². The van der Waals surface area contributed by atoms with Crippen LogP contribution in [-0.4, -0.2) is 18.2 Å². The monoisotopic (exact) mass is 282 g/mol. The molecule has 0 aromatic heterocycles. The molecule has 0 aromatic carbocycles. The van der Waals surface area contributed by atoms with E-state index in [1.54, 1.807) is 0 Å². The molecule has 0 bridgehead atoms. The van der Waals surface area contributed by atoms with Crippen molar-refractivity contribution in [2.75, 3.05) is 12.3 Å². The fourth-order valence-electron chi connectivity index (χ4n) is 1.75. The zero-order valence-corrected chi connectivity index (χ0v) is 12.3. The lowest BCUT2D eigenvalue weighted by atomic mass is 10.1. The summed E-state index contributed by atoms with van der Waals surface area (Å²) in [5, 5.41) is 3.14. The minimum absolute atomic E-state index is 0.445. The maximum Gasteiger partial charge on any atom is 0.257 e. The Morgan fingerprint density at radius 3 is 2.68 bits per heavy atom. The van der Waals surface area contributed by atoms with E-state index in [4.69, 9.17) is 17.2 Å². The van der Waals surface area contributed by atoms with Crippen molar-refractivity contribution in [2.45, 2.75) is 26.7 Å². The van der Waals surface area contributed by atoms with Gasteiger partial charge >= 0.3 is 0 Å². The largest absolute Gasteiger partial charge is 0.397 e. The van der Waals surface area contributed by atoms with Crippen molar-refractivity contribution in [3.8, 4) is 0 Å². The van der Waals surface area contributed by atoms with Crippen LogP contribution in [0.1, 0.15) is 26.7 Å². The molecule has 1 heterocycles. The summed E-state index contributed by atoms with van der Waals surface area (Å²) in [6, 6.07) is 0. The number of amides is 1. The molecule has 1 rings (SSSR count). The molecule has 0 saturated heterocycles. The summed E-state index contributed by atoms with van der Waals surface area (Å²) in [7, 11) is 0. The Balaban J connectivity index is 2.81. The predicted octanol–water partition coefficient (Wildman–Crippen LogP) is 0.895. The number of carbonyl (C=O) groups is 1. The van der Waals surface area contributed by atoms with Crippen LogP contribution in [0, 0.1) is 0 Å². The molecule has 0 aliphatic carbocycles. The van der Waals surface area contributed by atoms with E-state index in [9.17, 15) is 4.79 Å². The Bertz CT molecular complexity index is 452. The Hall–Kier alpha value is -1.56. The fourth-order valence-corrected chi connectivity index (χ4v) is 2.84. The highest BCUT2D eigenvalue weighted by atomic mass is 32.2. The first-order valence-corrected chi connectivity index (χ1v) is 7.29. The maximum absolute atomic E-state index is 11.2. The third kappa shape index (κ3) is 4.24. The van der Waals surface area contributed by atoms with E-state index in [0.29, 0.717) is 22.2 Å². The highest BCUT2D eigenvalue weighted by Gasteiger charge is 2.23. The number of rotatable bonds is 6. The van der Waals surface area contributed by atoms with E-state index in [2.05, 4.69) is 12.2 Å². The summed E-state index contributed by atoms with van der Waals surface area (Å²) >= 11 is 1.38. The predicted molar refractivity (Wildman–Crippen MR) is 80.7 cm³/mol. The van der Waals surface area contributed by atoms with Crippen LogP contribution in [0.4, 0.5) is 0 Å². The number of hydrogen-bond donors (Lipinski definition) is 4. The standard InChI is InChI=1S/C13H22N4OS/c1-3-4-5-17-10(14)6-8(2)9-7-19-12(11(9)15)13(16)18/h6,17H,3-5,7,14-15H2,1-2H3,(H2,16,18)/b9-8+,10-6+. The Morgan fingerprint density at radius 2 is 2.16 bits per heavy atom. The van der Waals surface area contributed by atoms with Crippen LogP contribution in [0.2, 0.25) is 0 Å². The Morgan fingerprint density at radius 1 is 1.47 bits per heavy atom. The number of allylic oxidation sites excluding steroid dienone is 3. The highest BCUT2D eigenvalue weighted by Crippen LogP contribution is 2.34. The molecular weight excluding hydrogens is 260 g/mol. The quantitative estimate of drug-likeness (QED) is 0.541. The molecule has 5 nitrogen and oxygen atoms in total. The van der Waals surface area contributed by atoms with Gasteiger partial charge in [-0.2, -0.15) is 0 Å². The summed E-state index contributed by atoms with van der Waals surface area (Å²) in [5.74, 6) is 0.807. The molecule has 0 spiro atoms. The first-order chi connectivity index (χ1) is 8.97. The van der Waals surface area contributed by atoms with Crippen LogP contribution in [0.15, 0.2) is 33.6 Å². The van der Waals surface area contributed by atoms with Gasteiger partial charge in [-0.15, -0.1) is 11.8 Å². The summed E-state index contributed by atoms with van der Waals surface area (Å²) in [4.78, 5) is 11.6. The van der Waals surface area contributed by atoms with Crippen molar-refractivity contribution in [1.29, 1.82) is 0 Å². The summed E-state index contributed by atoms with van der Waals surface area (Å²) in [5.41, 5.74) is 19.4. The van der Waals surface area contributed by atoms with Gasteiger partial charge in [-0.25, -0.2) is 0 Å². The second kappa shape index (κ2) is 7.13. The van der Waals surface area contributed by atoms with Crippen molar-refractivity contribution >= 4 is 17.7 Å². The normalized spacial score (nSPS) is 18.7.